The smallest absolute Gasteiger partial charge is 0.357 e. The predicted octanol–water partition coefficient (Wildman–Crippen LogP) is 2.75. The van der Waals surface area contributed by atoms with Crippen LogP contribution in [-0.4, -0.2) is 22.7 Å². The molecule has 18 heavy (non-hydrogen) atoms. The highest BCUT2D eigenvalue weighted by molar-refractivity contribution is 5.85. The molecule has 0 spiro atoms. The van der Waals surface area contributed by atoms with E-state index in [-0.39, 0.29) is 5.69 Å². The van der Waals surface area contributed by atoms with Crippen LogP contribution in [0.15, 0.2) is 28.9 Å². The average molecular weight is 247 g/mol. The SMILES string of the molecule is CCOc1ccc(-c2nc(C(=O)O)co2)cc1C. The van der Waals surface area contributed by atoms with E-state index in [9.17, 15) is 4.79 Å². The van der Waals surface area contributed by atoms with E-state index >= 15 is 0 Å². The van der Waals surface area contributed by atoms with E-state index in [1.165, 1.54) is 0 Å². The molecule has 0 amide bonds. The number of benzene rings is 1. The predicted molar refractivity (Wildman–Crippen MR) is 64.8 cm³/mol. The molecular formula is C13H13NO4. The second-order valence-corrected chi connectivity index (χ2v) is 3.76. The molecule has 0 radical (unpaired) electrons. The molecule has 0 atom stereocenters. The van der Waals surface area contributed by atoms with Crippen molar-refractivity contribution in [2.45, 2.75) is 13.8 Å². The molecule has 0 saturated carbocycles. The summed E-state index contributed by atoms with van der Waals surface area (Å²) in [6.07, 6.45) is 1.13. The number of carboxylic acids is 1. The minimum atomic E-state index is -1.10. The van der Waals surface area contributed by atoms with Crippen molar-refractivity contribution in [1.82, 2.24) is 4.98 Å². The number of rotatable bonds is 4. The Labute approximate surface area is 104 Å². The first kappa shape index (κ1) is 12.2. The van der Waals surface area contributed by atoms with Crippen molar-refractivity contribution >= 4 is 5.97 Å². The largest absolute Gasteiger partial charge is 0.494 e. The third-order valence-electron chi connectivity index (χ3n) is 2.45. The minimum Gasteiger partial charge on any atom is -0.494 e. The maximum Gasteiger partial charge on any atom is 0.357 e. The summed E-state index contributed by atoms with van der Waals surface area (Å²) in [6.45, 7) is 4.43. The second kappa shape index (κ2) is 4.91. The van der Waals surface area contributed by atoms with Gasteiger partial charge in [0.25, 0.3) is 0 Å². The molecule has 0 unspecified atom stereocenters. The van der Waals surface area contributed by atoms with Crippen LogP contribution in [0.3, 0.4) is 0 Å². The topological polar surface area (TPSA) is 72.6 Å². The fraction of sp³-hybridized carbons (Fsp3) is 0.231. The Morgan fingerprint density at radius 1 is 1.50 bits per heavy atom. The molecule has 5 nitrogen and oxygen atoms in total. The van der Waals surface area contributed by atoms with Gasteiger partial charge in [0.05, 0.1) is 6.61 Å². The van der Waals surface area contributed by atoms with Crippen LogP contribution < -0.4 is 4.74 Å². The Kier molecular flexibility index (Phi) is 3.32. The summed E-state index contributed by atoms with van der Waals surface area (Å²) in [5, 5.41) is 8.77. The number of aromatic carboxylic acids is 1. The van der Waals surface area contributed by atoms with Crippen LogP contribution in [0.5, 0.6) is 5.75 Å². The summed E-state index contributed by atoms with van der Waals surface area (Å²) in [5.41, 5.74) is 1.57. The van der Waals surface area contributed by atoms with Crippen LogP contribution in [0.2, 0.25) is 0 Å². The Bertz CT molecular complexity index is 574. The Morgan fingerprint density at radius 3 is 2.83 bits per heavy atom. The zero-order valence-electron chi connectivity index (χ0n) is 10.1. The van der Waals surface area contributed by atoms with Gasteiger partial charge in [-0.3, -0.25) is 0 Å². The van der Waals surface area contributed by atoms with Crippen molar-refractivity contribution < 1.29 is 19.1 Å². The lowest BCUT2D eigenvalue weighted by Gasteiger charge is -2.07. The zero-order valence-corrected chi connectivity index (χ0v) is 10.1. The van der Waals surface area contributed by atoms with E-state index in [1.807, 2.05) is 26.0 Å². The highest BCUT2D eigenvalue weighted by atomic mass is 16.5. The maximum atomic E-state index is 10.7. The molecular weight excluding hydrogens is 234 g/mol. The van der Waals surface area contributed by atoms with Crippen molar-refractivity contribution in [3.63, 3.8) is 0 Å². The summed E-state index contributed by atoms with van der Waals surface area (Å²) < 4.78 is 10.6. The van der Waals surface area contributed by atoms with Crippen LogP contribution in [0, 0.1) is 6.92 Å². The molecule has 1 heterocycles. The van der Waals surface area contributed by atoms with Crippen LogP contribution in [0.25, 0.3) is 11.5 Å². The van der Waals surface area contributed by atoms with E-state index in [1.54, 1.807) is 6.07 Å². The lowest BCUT2D eigenvalue weighted by molar-refractivity contribution is 0.0690. The van der Waals surface area contributed by atoms with Gasteiger partial charge in [0.2, 0.25) is 5.89 Å². The molecule has 5 heteroatoms. The van der Waals surface area contributed by atoms with E-state index < -0.39 is 5.97 Å². The van der Waals surface area contributed by atoms with E-state index in [2.05, 4.69) is 4.98 Å². The number of aryl methyl sites for hydroxylation is 1. The number of nitrogens with zero attached hydrogens (tertiary/aromatic N) is 1. The van der Waals surface area contributed by atoms with Gasteiger partial charge in [-0.15, -0.1) is 0 Å². The zero-order chi connectivity index (χ0) is 13.1. The van der Waals surface area contributed by atoms with E-state index in [4.69, 9.17) is 14.3 Å². The van der Waals surface area contributed by atoms with Crippen LogP contribution in [0.4, 0.5) is 0 Å². The van der Waals surface area contributed by atoms with Gasteiger partial charge >= 0.3 is 5.97 Å². The molecule has 0 fully saturated rings. The van der Waals surface area contributed by atoms with Gasteiger partial charge in [-0.2, -0.15) is 0 Å². The summed E-state index contributed by atoms with van der Waals surface area (Å²) >= 11 is 0. The number of ether oxygens (including phenoxy) is 1. The van der Waals surface area contributed by atoms with Gasteiger partial charge in [-0.1, -0.05) is 0 Å². The fourth-order valence-electron chi connectivity index (χ4n) is 1.60. The van der Waals surface area contributed by atoms with Gasteiger partial charge < -0.3 is 14.3 Å². The lowest BCUT2D eigenvalue weighted by Crippen LogP contribution is -1.96. The molecule has 0 aliphatic heterocycles. The van der Waals surface area contributed by atoms with Gasteiger partial charge in [0, 0.05) is 5.56 Å². The van der Waals surface area contributed by atoms with Crippen LogP contribution in [0.1, 0.15) is 23.0 Å². The Balaban J connectivity index is 2.33. The van der Waals surface area contributed by atoms with Gasteiger partial charge in [0.15, 0.2) is 5.69 Å². The number of aromatic nitrogens is 1. The highest BCUT2D eigenvalue weighted by Crippen LogP contribution is 2.25. The lowest BCUT2D eigenvalue weighted by atomic mass is 10.1. The monoisotopic (exact) mass is 247 g/mol. The minimum absolute atomic E-state index is 0.100. The molecule has 1 aromatic heterocycles. The van der Waals surface area contributed by atoms with Gasteiger partial charge in [-0.25, -0.2) is 9.78 Å². The first-order valence-corrected chi connectivity index (χ1v) is 5.54. The van der Waals surface area contributed by atoms with Gasteiger partial charge in [0.1, 0.15) is 12.0 Å². The molecule has 0 saturated heterocycles. The number of oxazole rings is 1. The summed E-state index contributed by atoms with van der Waals surface area (Å²) in [7, 11) is 0. The molecule has 94 valence electrons. The Hall–Kier alpha value is -2.30. The molecule has 0 aliphatic carbocycles. The summed E-state index contributed by atoms with van der Waals surface area (Å²) in [4.78, 5) is 14.6. The molecule has 1 aromatic carbocycles. The maximum absolute atomic E-state index is 10.7. The third-order valence-corrected chi connectivity index (χ3v) is 2.45. The fourth-order valence-corrected chi connectivity index (χ4v) is 1.60. The molecule has 0 aliphatic rings. The average Bonchev–Trinajstić information content (AvgIpc) is 2.81. The summed E-state index contributed by atoms with van der Waals surface area (Å²) in [6, 6.07) is 5.46. The van der Waals surface area contributed by atoms with E-state index in [0.717, 1.165) is 23.1 Å². The van der Waals surface area contributed by atoms with Crippen molar-refractivity contribution in [3.05, 3.63) is 35.7 Å². The summed E-state index contributed by atoms with van der Waals surface area (Å²) in [5.74, 6) is -0.0162. The number of carboxylic acid groups (broad SMARTS) is 1. The van der Waals surface area contributed by atoms with Crippen LogP contribution in [-0.2, 0) is 0 Å². The highest BCUT2D eigenvalue weighted by Gasteiger charge is 2.12. The second-order valence-electron chi connectivity index (χ2n) is 3.76. The molecule has 2 aromatic rings. The number of hydrogen-bond donors (Lipinski definition) is 1. The quantitative estimate of drug-likeness (QED) is 0.899. The molecule has 1 N–H and O–H groups in total. The normalized spacial score (nSPS) is 10.3. The van der Waals surface area contributed by atoms with Gasteiger partial charge in [-0.05, 0) is 37.6 Å². The Morgan fingerprint density at radius 2 is 2.28 bits per heavy atom. The van der Waals surface area contributed by atoms with Crippen molar-refractivity contribution in [2.24, 2.45) is 0 Å². The van der Waals surface area contributed by atoms with Crippen molar-refractivity contribution in [3.8, 4) is 17.2 Å². The van der Waals surface area contributed by atoms with E-state index in [0.29, 0.717) is 12.5 Å². The molecule has 2 rings (SSSR count). The van der Waals surface area contributed by atoms with Crippen molar-refractivity contribution in [2.75, 3.05) is 6.61 Å². The van der Waals surface area contributed by atoms with Crippen LogP contribution >= 0.6 is 0 Å². The standard InChI is InChI=1S/C13H13NO4/c1-3-17-11-5-4-9(6-8(11)2)12-14-10(7-18-12)13(15)16/h4-7H,3H2,1-2H3,(H,15,16). The first-order valence-electron chi connectivity index (χ1n) is 5.54. The number of carbonyl (C=O) groups is 1. The third kappa shape index (κ3) is 2.34. The first-order chi connectivity index (χ1) is 8.61. The molecule has 0 bridgehead atoms. The van der Waals surface area contributed by atoms with Crippen molar-refractivity contribution in [1.29, 1.82) is 0 Å². The number of hydrogen-bond acceptors (Lipinski definition) is 4.